The van der Waals surface area contributed by atoms with E-state index in [2.05, 4.69) is 0 Å². The predicted molar refractivity (Wildman–Crippen MR) is 99.9 cm³/mol. The summed E-state index contributed by atoms with van der Waals surface area (Å²) in [4.78, 5) is 13.2. The van der Waals surface area contributed by atoms with Gasteiger partial charge in [0, 0.05) is 24.2 Å². The summed E-state index contributed by atoms with van der Waals surface area (Å²) in [6.07, 6.45) is -4.54. The van der Waals surface area contributed by atoms with E-state index in [0.29, 0.717) is 12.0 Å². The predicted octanol–water partition coefficient (Wildman–Crippen LogP) is 4.98. The molecule has 1 N–H and O–H groups in total. The summed E-state index contributed by atoms with van der Waals surface area (Å²) in [5, 5.41) is 11.0. The van der Waals surface area contributed by atoms with Crippen LogP contribution in [0.4, 0.5) is 27.6 Å². The summed E-state index contributed by atoms with van der Waals surface area (Å²) in [5.74, 6) is -3.92. The Morgan fingerprint density at radius 3 is 2.68 bits per heavy atom. The van der Waals surface area contributed by atoms with Crippen LogP contribution in [0.15, 0.2) is 24.3 Å². The highest BCUT2D eigenvalue weighted by Gasteiger charge is 2.45. The fraction of sp³-hybridized carbons (Fsp3) is 0.300. The van der Waals surface area contributed by atoms with Gasteiger partial charge in [0.2, 0.25) is 0 Å². The van der Waals surface area contributed by atoms with E-state index in [0.717, 1.165) is 18.2 Å². The topological polar surface area (TPSA) is 65.4 Å². The molecule has 11 heteroatoms. The van der Waals surface area contributed by atoms with Gasteiger partial charge in [-0.1, -0.05) is 17.7 Å². The Bertz CT molecular complexity index is 1120. The van der Waals surface area contributed by atoms with Crippen molar-refractivity contribution >= 4 is 23.2 Å². The summed E-state index contributed by atoms with van der Waals surface area (Å²) in [6.45, 7) is 0.270. The lowest BCUT2D eigenvalue weighted by molar-refractivity contribution is -0.174. The molecule has 2 heterocycles. The SMILES string of the molecule is N#Cc1c(F)cc2c(c1Cl)N1CCCC(NC(=O)C(F)(F)F)C1c1ccc(F)cc1O2. The number of piperidine rings is 1. The maximum Gasteiger partial charge on any atom is 0.471 e. The highest BCUT2D eigenvalue weighted by Crippen LogP contribution is 2.51. The molecule has 1 fully saturated rings. The molecule has 0 radical (unpaired) electrons. The van der Waals surface area contributed by atoms with Crippen LogP contribution < -0.4 is 15.0 Å². The fourth-order valence-electron chi connectivity index (χ4n) is 4.03. The van der Waals surface area contributed by atoms with Crippen molar-refractivity contribution in [1.82, 2.24) is 5.32 Å². The Balaban J connectivity index is 1.91. The van der Waals surface area contributed by atoms with E-state index >= 15 is 0 Å². The minimum atomic E-state index is -5.10. The maximum absolute atomic E-state index is 14.4. The molecule has 5 nitrogen and oxygen atoms in total. The van der Waals surface area contributed by atoms with Crippen molar-refractivity contribution in [1.29, 1.82) is 5.26 Å². The average molecular weight is 458 g/mol. The van der Waals surface area contributed by atoms with Crippen LogP contribution in [0.2, 0.25) is 5.02 Å². The molecular weight excluding hydrogens is 445 g/mol. The van der Waals surface area contributed by atoms with Gasteiger partial charge in [-0.15, -0.1) is 0 Å². The smallest absolute Gasteiger partial charge is 0.455 e. The number of hydrogen-bond donors (Lipinski definition) is 1. The van der Waals surface area contributed by atoms with Crippen LogP contribution in [0, 0.1) is 23.0 Å². The number of carbonyl (C=O) groups is 1. The molecule has 2 aromatic carbocycles. The monoisotopic (exact) mass is 457 g/mol. The van der Waals surface area contributed by atoms with Gasteiger partial charge in [-0.25, -0.2) is 8.78 Å². The molecule has 0 aromatic heterocycles. The van der Waals surface area contributed by atoms with Gasteiger partial charge in [0.05, 0.1) is 17.1 Å². The molecule has 0 spiro atoms. The van der Waals surface area contributed by atoms with Crippen molar-refractivity contribution in [3.63, 3.8) is 0 Å². The van der Waals surface area contributed by atoms with Crippen LogP contribution in [0.5, 0.6) is 11.5 Å². The van der Waals surface area contributed by atoms with E-state index < -0.39 is 41.4 Å². The lowest BCUT2D eigenvalue weighted by Crippen LogP contribution is -2.52. The largest absolute Gasteiger partial charge is 0.471 e. The molecule has 4 rings (SSSR count). The van der Waals surface area contributed by atoms with Gasteiger partial charge >= 0.3 is 12.1 Å². The highest BCUT2D eigenvalue weighted by atomic mass is 35.5. The fourth-order valence-corrected chi connectivity index (χ4v) is 4.36. The van der Waals surface area contributed by atoms with E-state index in [1.165, 1.54) is 6.07 Å². The van der Waals surface area contributed by atoms with Crippen molar-refractivity contribution in [2.24, 2.45) is 0 Å². The van der Waals surface area contributed by atoms with Gasteiger partial charge in [0.15, 0.2) is 5.75 Å². The first-order valence-electron chi connectivity index (χ1n) is 9.15. The van der Waals surface area contributed by atoms with Gasteiger partial charge < -0.3 is 15.0 Å². The van der Waals surface area contributed by atoms with Gasteiger partial charge in [-0.3, -0.25) is 4.79 Å². The molecule has 0 saturated carbocycles. The van der Waals surface area contributed by atoms with Crippen LogP contribution in [0.25, 0.3) is 0 Å². The second kappa shape index (κ2) is 7.57. The first kappa shape index (κ1) is 21.2. The van der Waals surface area contributed by atoms with Crippen LogP contribution in [0.3, 0.4) is 0 Å². The number of amides is 1. The maximum atomic E-state index is 14.4. The Hall–Kier alpha value is -3.06. The zero-order chi connectivity index (χ0) is 22.5. The third-order valence-electron chi connectivity index (χ3n) is 5.28. The summed E-state index contributed by atoms with van der Waals surface area (Å²) in [7, 11) is 0. The summed E-state index contributed by atoms with van der Waals surface area (Å²) < 4.78 is 72.7. The standard InChI is InChI=1S/C20H13ClF5N3O2/c21-16-11(8-27)12(23)7-15-18(16)29-5-1-2-13(28-19(30)20(24,25)26)17(29)10-4-3-9(22)6-14(10)31-15/h3-4,6-7,13,17H,1-2,5H2,(H,28,30). The van der Waals surface area contributed by atoms with Gasteiger partial charge in [-0.05, 0) is 18.9 Å². The lowest BCUT2D eigenvalue weighted by Gasteiger charge is -2.42. The van der Waals surface area contributed by atoms with Crippen molar-refractivity contribution in [3.05, 3.63) is 52.0 Å². The molecule has 162 valence electrons. The highest BCUT2D eigenvalue weighted by molar-refractivity contribution is 6.35. The quantitative estimate of drug-likeness (QED) is 0.613. The minimum Gasteiger partial charge on any atom is -0.455 e. The van der Waals surface area contributed by atoms with E-state index in [9.17, 15) is 32.0 Å². The number of ether oxygens (including phenoxy) is 1. The number of nitriles is 1. The average Bonchev–Trinajstić information content (AvgIpc) is 2.81. The van der Waals surface area contributed by atoms with Crippen LogP contribution in [-0.4, -0.2) is 24.7 Å². The van der Waals surface area contributed by atoms with Crippen molar-refractivity contribution in [3.8, 4) is 17.6 Å². The van der Waals surface area contributed by atoms with Gasteiger partial charge in [-0.2, -0.15) is 18.4 Å². The van der Waals surface area contributed by atoms with Gasteiger partial charge in [0.25, 0.3) is 0 Å². The first-order chi connectivity index (χ1) is 14.6. The second-order valence-corrected chi connectivity index (χ2v) is 7.53. The Kier molecular flexibility index (Phi) is 5.17. The molecule has 1 saturated heterocycles. The van der Waals surface area contributed by atoms with Crippen molar-refractivity contribution in [2.45, 2.75) is 31.1 Å². The molecule has 2 aromatic rings. The molecule has 1 amide bonds. The molecule has 2 aliphatic rings. The molecule has 0 bridgehead atoms. The van der Waals surface area contributed by atoms with Crippen LogP contribution in [-0.2, 0) is 4.79 Å². The number of nitrogens with one attached hydrogen (secondary N) is 1. The molecule has 31 heavy (non-hydrogen) atoms. The third-order valence-corrected chi connectivity index (χ3v) is 5.64. The number of hydrogen-bond acceptors (Lipinski definition) is 4. The van der Waals surface area contributed by atoms with E-state index in [1.54, 1.807) is 11.0 Å². The van der Waals surface area contributed by atoms with Crippen LogP contribution >= 0.6 is 11.6 Å². The molecule has 2 atom stereocenters. The Morgan fingerprint density at radius 1 is 1.26 bits per heavy atom. The summed E-state index contributed by atoms with van der Waals surface area (Å²) in [5.41, 5.74) is -0.0757. The number of halogens is 6. The molecule has 2 aliphatic heterocycles. The number of benzene rings is 2. The number of rotatable bonds is 1. The van der Waals surface area contributed by atoms with E-state index in [1.807, 2.05) is 5.32 Å². The summed E-state index contributed by atoms with van der Waals surface area (Å²) >= 11 is 6.30. The zero-order valence-corrected chi connectivity index (χ0v) is 16.3. The number of alkyl halides is 3. The first-order valence-corrected chi connectivity index (χ1v) is 9.53. The zero-order valence-electron chi connectivity index (χ0n) is 15.6. The van der Waals surface area contributed by atoms with Crippen molar-refractivity contribution < 1.29 is 31.5 Å². The van der Waals surface area contributed by atoms with Crippen LogP contribution in [0.1, 0.15) is 30.0 Å². The molecular formula is C20H13ClF5N3O2. The number of nitrogens with zero attached hydrogens (tertiary/aromatic N) is 2. The Labute approximate surface area is 178 Å². The van der Waals surface area contributed by atoms with Crippen molar-refractivity contribution in [2.75, 3.05) is 11.4 Å². The number of fused-ring (bicyclic) bond motifs is 5. The number of anilines is 1. The van der Waals surface area contributed by atoms with E-state index in [4.69, 9.17) is 16.3 Å². The van der Waals surface area contributed by atoms with E-state index in [-0.39, 0.29) is 35.2 Å². The third kappa shape index (κ3) is 3.63. The normalized spacial score (nSPS) is 19.8. The molecule has 0 aliphatic carbocycles. The lowest BCUT2D eigenvalue weighted by atomic mass is 9.89. The second-order valence-electron chi connectivity index (χ2n) is 7.15. The molecule has 2 unspecified atom stereocenters. The minimum absolute atomic E-state index is 0.0536. The van der Waals surface area contributed by atoms with Gasteiger partial charge in [0.1, 0.15) is 34.7 Å². The summed E-state index contributed by atoms with van der Waals surface area (Å²) in [6, 6.07) is 4.08. The number of carbonyl (C=O) groups excluding carboxylic acids is 1. The Morgan fingerprint density at radius 2 is 2.00 bits per heavy atom.